The minimum atomic E-state index is -4.65. The van der Waals surface area contributed by atoms with Gasteiger partial charge in [0.15, 0.2) is 6.17 Å². The fourth-order valence-corrected chi connectivity index (χ4v) is 2.59. The van der Waals surface area contributed by atoms with Gasteiger partial charge in [0.1, 0.15) is 17.8 Å². The molecule has 0 amide bonds. The minimum Gasteiger partial charge on any atom is -0.486 e. The van der Waals surface area contributed by atoms with E-state index in [9.17, 15) is 17.6 Å². The number of rotatable bonds is 3. The van der Waals surface area contributed by atoms with Crippen LogP contribution in [-0.2, 0) is 4.74 Å². The highest BCUT2D eigenvalue weighted by Gasteiger charge is 2.46. The fourth-order valence-electron chi connectivity index (χ4n) is 2.31. The summed E-state index contributed by atoms with van der Waals surface area (Å²) in [5.41, 5.74) is 1.02. The second-order valence-corrected chi connectivity index (χ2v) is 6.13. The molecule has 22 heavy (non-hydrogen) atoms. The number of allylic oxidation sites excluding steroid dienone is 6. The van der Waals surface area contributed by atoms with Gasteiger partial charge in [0.25, 0.3) is 0 Å². The van der Waals surface area contributed by atoms with E-state index in [1.165, 1.54) is 6.08 Å². The van der Waals surface area contributed by atoms with Crippen molar-refractivity contribution >= 4 is 11.6 Å². The van der Waals surface area contributed by atoms with E-state index >= 15 is 0 Å². The summed E-state index contributed by atoms with van der Waals surface area (Å²) >= 11 is 6.17. The molecule has 122 valence electrons. The van der Waals surface area contributed by atoms with Gasteiger partial charge in [0, 0.05) is 0 Å². The summed E-state index contributed by atoms with van der Waals surface area (Å²) in [6, 6.07) is 0. The van der Waals surface area contributed by atoms with Crippen LogP contribution in [0.5, 0.6) is 0 Å². The van der Waals surface area contributed by atoms with Crippen LogP contribution in [0.2, 0.25) is 0 Å². The monoisotopic (exact) mass is 336 g/mol. The molecule has 2 rings (SSSR count). The van der Waals surface area contributed by atoms with Crippen molar-refractivity contribution in [3.05, 3.63) is 47.8 Å². The summed E-state index contributed by atoms with van der Waals surface area (Å²) in [6.45, 7) is 4.00. The smallest absolute Gasteiger partial charge is 0.398 e. The van der Waals surface area contributed by atoms with Crippen LogP contribution in [0, 0.1) is 11.8 Å². The van der Waals surface area contributed by atoms with Gasteiger partial charge in [-0.25, -0.2) is 4.39 Å². The van der Waals surface area contributed by atoms with Crippen LogP contribution in [0.4, 0.5) is 17.6 Å². The molecule has 0 saturated carbocycles. The molecule has 0 aromatic heterocycles. The van der Waals surface area contributed by atoms with Gasteiger partial charge < -0.3 is 4.74 Å². The van der Waals surface area contributed by atoms with Crippen LogP contribution in [0.1, 0.15) is 13.8 Å². The summed E-state index contributed by atoms with van der Waals surface area (Å²) in [7, 11) is 0. The molecule has 0 saturated heterocycles. The molecule has 0 aliphatic heterocycles. The van der Waals surface area contributed by atoms with Gasteiger partial charge >= 0.3 is 6.18 Å². The molecule has 0 N–H and O–H groups in total. The SMILES string of the molecule is CC(C)C1=CC(Cl)C(OC2=CC=CC(C(F)(F)F)C2F)C=C1. The number of alkyl halides is 5. The molecule has 0 radical (unpaired) electrons. The van der Waals surface area contributed by atoms with Crippen molar-refractivity contribution in [2.75, 3.05) is 0 Å². The first kappa shape index (κ1) is 17.1. The third kappa shape index (κ3) is 3.75. The Morgan fingerprint density at radius 1 is 1.23 bits per heavy atom. The van der Waals surface area contributed by atoms with Crippen molar-refractivity contribution < 1.29 is 22.3 Å². The molecule has 0 bridgehead atoms. The summed E-state index contributed by atoms with van der Waals surface area (Å²) in [5.74, 6) is -2.25. The molecular weight excluding hydrogens is 320 g/mol. The van der Waals surface area contributed by atoms with Crippen molar-refractivity contribution in [2.24, 2.45) is 11.8 Å². The lowest BCUT2D eigenvalue weighted by molar-refractivity contribution is -0.176. The summed E-state index contributed by atoms with van der Waals surface area (Å²) in [5, 5.41) is -0.550. The quantitative estimate of drug-likeness (QED) is 0.514. The Balaban J connectivity index is 2.08. The molecule has 2 aliphatic rings. The van der Waals surface area contributed by atoms with E-state index in [0.29, 0.717) is 0 Å². The molecule has 4 unspecified atom stereocenters. The average molecular weight is 337 g/mol. The highest BCUT2D eigenvalue weighted by atomic mass is 35.5. The Morgan fingerprint density at radius 2 is 1.91 bits per heavy atom. The number of hydrogen-bond acceptors (Lipinski definition) is 1. The lowest BCUT2D eigenvalue weighted by Crippen LogP contribution is -2.35. The standard InChI is InChI=1S/C16H17ClF4O/c1-9(2)10-6-7-13(12(17)8-10)22-14-5-3-4-11(15(14)18)16(19,20)21/h3-9,11-13,15H,1-2H3. The zero-order chi connectivity index (χ0) is 16.5. The first-order valence-corrected chi connectivity index (χ1v) is 7.43. The summed E-state index contributed by atoms with van der Waals surface area (Å²) in [4.78, 5) is 0. The molecule has 2 aliphatic carbocycles. The molecule has 4 atom stereocenters. The van der Waals surface area contributed by atoms with Crippen LogP contribution in [-0.4, -0.2) is 23.8 Å². The Kier molecular flexibility index (Phi) is 5.05. The Morgan fingerprint density at radius 3 is 2.45 bits per heavy atom. The lowest BCUT2D eigenvalue weighted by atomic mass is 9.94. The van der Waals surface area contributed by atoms with E-state index in [2.05, 4.69) is 0 Å². The van der Waals surface area contributed by atoms with Gasteiger partial charge in [-0.2, -0.15) is 13.2 Å². The van der Waals surface area contributed by atoms with Crippen molar-refractivity contribution in [1.82, 2.24) is 0 Å². The van der Waals surface area contributed by atoms with Gasteiger partial charge in [-0.15, -0.1) is 11.6 Å². The Hall–Kier alpha value is -1.23. The van der Waals surface area contributed by atoms with Crippen molar-refractivity contribution in [1.29, 1.82) is 0 Å². The fraction of sp³-hybridized carbons (Fsp3) is 0.500. The predicted octanol–water partition coefficient (Wildman–Crippen LogP) is 5.10. The van der Waals surface area contributed by atoms with Gasteiger partial charge in [0.2, 0.25) is 0 Å². The van der Waals surface area contributed by atoms with Crippen LogP contribution in [0.15, 0.2) is 47.8 Å². The van der Waals surface area contributed by atoms with Gasteiger partial charge in [-0.1, -0.05) is 38.2 Å². The first-order valence-electron chi connectivity index (χ1n) is 7.00. The average Bonchev–Trinajstić information content (AvgIpc) is 2.41. The van der Waals surface area contributed by atoms with E-state index < -0.39 is 29.7 Å². The van der Waals surface area contributed by atoms with Crippen molar-refractivity contribution in [3.63, 3.8) is 0 Å². The van der Waals surface area contributed by atoms with Crippen LogP contribution in [0.3, 0.4) is 0 Å². The maximum atomic E-state index is 14.0. The maximum Gasteiger partial charge on any atom is 0.398 e. The van der Waals surface area contributed by atoms with E-state index in [-0.39, 0.29) is 11.7 Å². The number of halogens is 5. The van der Waals surface area contributed by atoms with E-state index in [4.69, 9.17) is 16.3 Å². The normalized spacial score (nSPS) is 32.0. The third-order valence-electron chi connectivity index (χ3n) is 3.63. The molecule has 0 heterocycles. The zero-order valence-electron chi connectivity index (χ0n) is 12.1. The molecule has 0 spiro atoms. The maximum absolute atomic E-state index is 14.0. The van der Waals surface area contributed by atoms with Crippen molar-refractivity contribution in [3.8, 4) is 0 Å². The van der Waals surface area contributed by atoms with Gasteiger partial charge in [-0.05, 0) is 23.6 Å². The summed E-state index contributed by atoms with van der Waals surface area (Å²) < 4.78 is 57.6. The van der Waals surface area contributed by atoms with E-state index in [1.807, 2.05) is 19.9 Å². The molecule has 6 heteroatoms. The van der Waals surface area contributed by atoms with Crippen LogP contribution >= 0.6 is 11.6 Å². The second-order valence-electron chi connectivity index (χ2n) is 5.63. The van der Waals surface area contributed by atoms with E-state index in [0.717, 1.165) is 17.7 Å². The molecule has 0 aromatic rings. The molecular formula is C16H17ClF4O. The largest absolute Gasteiger partial charge is 0.486 e. The molecule has 0 aromatic carbocycles. The first-order chi connectivity index (χ1) is 10.2. The van der Waals surface area contributed by atoms with E-state index in [1.54, 1.807) is 12.2 Å². The Bertz CT molecular complexity index is 531. The summed E-state index contributed by atoms with van der Waals surface area (Å²) in [6.07, 6.45) is 0.830. The highest BCUT2D eigenvalue weighted by molar-refractivity contribution is 6.22. The van der Waals surface area contributed by atoms with Gasteiger partial charge in [-0.3, -0.25) is 0 Å². The number of ether oxygens (including phenoxy) is 1. The Labute approximate surface area is 132 Å². The lowest BCUT2D eigenvalue weighted by Gasteiger charge is -2.30. The topological polar surface area (TPSA) is 9.23 Å². The third-order valence-corrected chi connectivity index (χ3v) is 4.00. The van der Waals surface area contributed by atoms with Crippen molar-refractivity contribution in [2.45, 2.75) is 37.7 Å². The molecule has 0 fully saturated rings. The van der Waals surface area contributed by atoms with Crippen LogP contribution in [0.25, 0.3) is 0 Å². The second kappa shape index (κ2) is 6.49. The van der Waals surface area contributed by atoms with Crippen LogP contribution < -0.4 is 0 Å². The predicted molar refractivity (Wildman–Crippen MR) is 78.2 cm³/mol. The number of hydrogen-bond donors (Lipinski definition) is 0. The highest BCUT2D eigenvalue weighted by Crippen LogP contribution is 2.38. The zero-order valence-corrected chi connectivity index (χ0v) is 12.9. The van der Waals surface area contributed by atoms with Gasteiger partial charge in [0.05, 0.1) is 5.38 Å². The minimum absolute atomic E-state index is 0.277. The molecule has 1 nitrogen and oxygen atoms in total.